The second-order valence-electron chi connectivity index (χ2n) is 9.84. The third-order valence-corrected chi connectivity index (χ3v) is 7.89. The van der Waals surface area contributed by atoms with Crippen LogP contribution in [0.5, 0.6) is 0 Å². The Morgan fingerprint density at radius 3 is 2.32 bits per heavy atom. The number of nitrogens with one attached hydrogen (secondary N) is 1. The number of aromatic nitrogens is 1. The minimum atomic E-state index is -4.17. The largest absolute Gasteiger partial charge is 0.480 e. The number of carbonyl (C=O) groups is 1. The number of fused-ring (bicyclic) bond motifs is 3. The van der Waals surface area contributed by atoms with E-state index in [9.17, 15) is 18.3 Å². The van der Waals surface area contributed by atoms with E-state index in [0.29, 0.717) is 11.2 Å². The van der Waals surface area contributed by atoms with Gasteiger partial charge in [0.15, 0.2) is 0 Å². The molecule has 0 saturated carbocycles. The standard InChI is InChI=1S/C26H28N2O5S/c1-16(2)26(24(29)30,25(3,4)5)28-34(31,32)19-9-10-20-21-13-17(18-7-6-12-27-15-18)8-11-22(21)33-23(20)14-19/h6-16,28H,1-5H3,(H,29,30). The Bertz CT molecular complexity index is 1480. The van der Waals surface area contributed by atoms with Crippen molar-refractivity contribution in [3.05, 3.63) is 60.9 Å². The van der Waals surface area contributed by atoms with Crippen LogP contribution in [-0.2, 0) is 14.8 Å². The lowest BCUT2D eigenvalue weighted by atomic mass is 9.68. The van der Waals surface area contributed by atoms with Crippen molar-refractivity contribution in [2.75, 3.05) is 0 Å². The second-order valence-corrected chi connectivity index (χ2v) is 11.5. The zero-order valence-electron chi connectivity index (χ0n) is 19.8. The second kappa shape index (κ2) is 8.21. The normalized spacial score (nSPS) is 14.5. The summed E-state index contributed by atoms with van der Waals surface area (Å²) in [7, 11) is -4.17. The number of hydrogen-bond donors (Lipinski definition) is 2. The van der Waals surface area contributed by atoms with Gasteiger partial charge in [-0.1, -0.05) is 46.8 Å². The van der Waals surface area contributed by atoms with E-state index in [1.807, 2.05) is 30.3 Å². The van der Waals surface area contributed by atoms with Gasteiger partial charge in [-0.3, -0.25) is 9.78 Å². The van der Waals surface area contributed by atoms with Gasteiger partial charge in [0, 0.05) is 34.8 Å². The minimum Gasteiger partial charge on any atom is -0.480 e. The summed E-state index contributed by atoms with van der Waals surface area (Å²) in [6, 6.07) is 14.2. The molecule has 0 aliphatic carbocycles. The van der Waals surface area contributed by atoms with E-state index in [2.05, 4.69) is 9.71 Å². The molecule has 4 aromatic rings. The van der Waals surface area contributed by atoms with Crippen LogP contribution in [0.3, 0.4) is 0 Å². The van der Waals surface area contributed by atoms with E-state index in [1.54, 1.807) is 53.1 Å². The summed E-state index contributed by atoms with van der Waals surface area (Å²) in [6.45, 7) is 8.54. The number of furan rings is 1. The summed E-state index contributed by atoms with van der Waals surface area (Å²) in [5, 5.41) is 11.7. The first-order valence-electron chi connectivity index (χ1n) is 11.0. The highest BCUT2D eigenvalue weighted by atomic mass is 32.2. The summed E-state index contributed by atoms with van der Waals surface area (Å²) in [5.41, 5.74) is 0.377. The first-order chi connectivity index (χ1) is 15.9. The van der Waals surface area contributed by atoms with E-state index >= 15 is 0 Å². The van der Waals surface area contributed by atoms with Gasteiger partial charge in [0.05, 0.1) is 4.90 Å². The molecule has 34 heavy (non-hydrogen) atoms. The molecule has 8 heteroatoms. The van der Waals surface area contributed by atoms with Crippen LogP contribution < -0.4 is 4.72 Å². The highest BCUT2D eigenvalue weighted by molar-refractivity contribution is 7.89. The van der Waals surface area contributed by atoms with Crippen LogP contribution in [0.25, 0.3) is 33.1 Å². The maximum absolute atomic E-state index is 13.4. The van der Waals surface area contributed by atoms with Gasteiger partial charge in [0.25, 0.3) is 0 Å². The predicted molar refractivity (Wildman–Crippen MR) is 132 cm³/mol. The van der Waals surface area contributed by atoms with E-state index in [0.717, 1.165) is 21.9 Å². The number of sulfonamides is 1. The van der Waals surface area contributed by atoms with Crippen LogP contribution in [0.2, 0.25) is 0 Å². The monoisotopic (exact) mass is 480 g/mol. The molecule has 0 spiro atoms. The zero-order chi connectivity index (χ0) is 24.9. The first kappa shape index (κ1) is 23.9. The number of pyridine rings is 1. The number of carboxylic acid groups (broad SMARTS) is 1. The molecule has 2 N–H and O–H groups in total. The van der Waals surface area contributed by atoms with Crippen molar-refractivity contribution >= 4 is 37.9 Å². The lowest BCUT2D eigenvalue weighted by Crippen LogP contribution is -2.65. The van der Waals surface area contributed by atoms with Crippen LogP contribution in [0.1, 0.15) is 34.6 Å². The van der Waals surface area contributed by atoms with E-state index in [-0.39, 0.29) is 4.90 Å². The molecule has 0 radical (unpaired) electrons. The van der Waals surface area contributed by atoms with Crippen LogP contribution in [0, 0.1) is 11.3 Å². The number of rotatable bonds is 6. The minimum absolute atomic E-state index is 0.0536. The first-order valence-corrected chi connectivity index (χ1v) is 12.5. The Morgan fingerprint density at radius 1 is 1.00 bits per heavy atom. The Hall–Kier alpha value is -3.23. The van der Waals surface area contributed by atoms with Gasteiger partial charge in [-0.25, -0.2) is 8.42 Å². The van der Waals surface area contributed by atoms with Gasteiger partial charge in [-0.05, 0) is 47.2 Å². The van der Waals surface area contributed by atoms with Crippen LogP contribution in [0.4, 0.5) is 0 Å². The van der Waals surface area contributed by atoms with Crippen molar-refractivity contribution < 1.29 is 22.7 Å². The molecule has 2 aromatic carbocycles. The maximum Gasteiger partial charge on any atom is 0.325 e. The van der Waals surface area contributed by atoms with Gasteiger partial charge in [-0.2, -0.15) is 4.72 Å². The molecule has 0 aliphatic rings. The average Bonchev–Trinajstić information content (AvgIpc) is 3.14. The Morgan fingerprint density at radius 2 is 1.74 bits per heavy atom. The van der Waals surface area contributed by atoms with E-state index < -0.39 is 32.9 Å². The molecule has 178 valence electrons. The summed E-state index contributed by atoms with van der Waals surface area (Å²) >= 11 is 0. The topological polar surface area (TPSA) is 110 Å². The Labute approximate surface area is 198 Å². The highest BCUT2D eigenvalue weighted by Gasteiger charge is 2.54. The van der Waals surface area contributed by atoms with E-state index in [4.69, 9.17) is 4.42 Å². The maximum atomic E-state index is 13.4. The smallest absolute Gasteiger partial charge is 0.325 e. The predicted octanol–water partition coefficient (Wildman–Crippen LogP) is 5.45. The molecule has 1 unspecified atom stereocenters. The van der Waals surface area contributed by atoms with Crippen molar-refractivity contribution in [3.63, 3.8) is 0 Å². The van der Waals surface area contributed by atoms with E-state index in [1.165, 1.54) is 12.1 Å². The molecule has 0 bridgehead atoms. The Kier molecular flexibility index (Phi) is 5.78. The molecular weight excluding hydrogens is 452 g/mol. The molecule has 2 heterocycles. The molecule has 1 atom stereocenters. The molecule has 2 aromatic heterocycles. The van der Waals surface area contributed by atoms with Crippen LogP contribution in [-0.4, -0.2) is 30.0 Å². The fourth-order valence-electron chi connectivity index (χ4n) is 4.66. The third kappa shape index (κ3) is 3.86. The number of hydrogen-bond acceptors (Lipinski definition) is 5. The lowest BCUT2D eigenvalue weighted by Gasteiger charge is -2.44. The van der Waals surface area contributed by atoms with Crippen LogP contribution >= 0.6 is 0 Å². The number of benzene rings is 2. The van der Waals surface area contributed by atoms with Crippen molar-refractivity contribution in [3.8, 4) is 11.1 Å². The summed E-state index contributed by atoms with van der Waals surface area (Å²) in [5.74, 6) is -1.72. The molecular formula is C26H28N2O5S. The van der Waals surface area contributed by atoms with Gasteiger partial charge in [-0.15, -0.1) is 0 Å². The van der Waals surface area contributed by atoms with Crippen molar-refractivity contribution in [2.45, 2.75) is 45.1 Å². The van der Waals surface area contributed by atoms with Crippen molar-refractivity contribution in [1.29, 1.82) is 0 Å². The lowest BCUT2D eigenvalue weighted by molar-refractivity contribution is -0.151. The molecule has 4 rings (SSSR count). The van der Waals surface area contributed by atoms with Crippen molar-refractivity contribution in [2.24, 2.45) is 11.3 Å². The molecule has 7 nitrogen and oxygen atoms in total. The quantitative estimate of drug-likeness (QED) is 0.380. The summed E-state index contributed by atoms with van der Waals surface area (Å²) in [6.07, 6.45) is 3.49. The molecule has 0 fully saturated rings. The SMILES string of the molecule is CC(C)C(NS(=O)(=O)c1ccc2c(c1)oc1ccc(-c3cccnc3)cc12)(C(=O)O)C(C)(C)C. The van der Waals surface area contributed by atoms with Gasteiger partial charge < -0.3 is 9.52 Å². The summed E-state index contributed by atoms with van der Waals surface area (Å²) < 4.78 is 35.2. The molecule has 0 saturated heterocycles. The Balaban J connectivity index is 1.80. The average molecular weight is 481 g/mol. The van der Waals surface area contributed by atoms with Gasteiger partial charge in [0.1, 0.15) is 16.7 Å². The fraction of sp³-hybridized carbons (Fsp3) is 0.308. The highest BCUT2D eigenvalue weighted by Crippen LogP contribution is 2.39. The number of nitrogens with zero attached hydrogens (tertiary/aromatic N) is 1. The zero-order valence-corrected chi connectivity index (χ0v) is 20.6. The fourth-order valence-corrected chi connectivity index (χ4v) is 6.34. The number of carboxylic acids is 1. The number of aliphatic carboxylic acids is 1. The third-order valence-electron chi connectivity index (χ3n) is 6.43. The van der Waals surface area contributed by atoms with Crippen molar-refractivity contribution in [1.82, 2.24) is 9.71 Å². The molecule has 0 aliphatic heterocycles. The van der Waals surface area contributed by atoms with Gasteiger partial charge >= 0.3 is 5.97 Å². The van der Waals surface area contributed by atoms with Crippen LogP contribution in [0.15, 0.2) is 70.2 Å². The summed E-state index contributed by atoms with van der Waals surface area (Å²) in [4.78, 5) is 16.5. The van der Waals surface area contributed by atoms with Gasteiger partial charge in [0.2, 0.25) is 10.0 Å². The molecule has 0 amide bonds.